The molecule has 0 spiro atoms. The van der Waals surface area contributed by atoms with Gasteiger partial charge in [0.25, 0.3) is 0 Å². The zero-order valence-electron chi connectivity index (χ0n) is 17.5. The molecular weight excluding hydrogens is 399 g/mol. The lowest BCUT2D eigenvalue weighted by atomic mass is 10.2. The number of nitrogens with zero attached hydrogens (tertiary/aromatic N) is 4. The van der Waals surface area contributed by atoms with Crippen molar-refractivity contribution in [3.8, 4) is 17.1 Å². The van der Waals surface area contributed by atoms with Gasteiger partial charge in [0, 0.05) is 56.3 Å². The third-order valence-electron chi connectivity index (χ3n) is 5.40. The van der Waals surface area contributed by atoms with Crippen molar-refractivity contribution in [1.82, 2.24) is 15.0 Å². The van der Waals surface area contributed by atoms with Crippen molar-refractivity contribution < 1.29 is 18.4 Å². The Balaban J connectivity index is 1.22. The first-order valence-electron chi connectivity index (χ1n) is 10.4. The van der Waals surface area contributed by atoms with Crippen LogP contribution in [0.2, 0.25) is 0 Å². The van der Waals surface area contributed by atoms with Crippen LogP contribution in [0.15, 0.2) is 53.1 Å². The Bertz CT molecular complexity index is 1010. The summed E-state index contributed by atoms with van der Waals surface area (Å²) in [6, 6.07) is 13.9. The molecule has 1 saturated heterocycles. The van der Waals surface area contributed by atoms with Gasteiger partial charge < -0.3 is 19.1 Å². The van der Waals surface area contributed by atoms with Gasteiger partial charge in [-0.05, 0) is 42.8 Å². The number of amides is 1. The van der Waals surface area contributed by atoms with Crippen LogP contribution in [0, 0.1) is 5.82 Å². The number of aromatic nitrogens is 2. The molecule has 1 fully saturated rings. The van der Waals surface area contributed by atoms with Crippen molar-refractivity contribution in [3.63, 3.8) is 0 Å². The number of piperazine rings is 1. The average Bonchev–Trinajstić information content (AvgIpc) is 3.28. The molecule has 8 heteroatoms. The van der Waals surface area contributed by atoms with Gasteiger partial charge in [0.05, 0.1) is 7.11 Å². The molecule has 4 rings (SSSR count). The monoisotopic (exact) mass is 424 g/mol. The second-order valence-electron chi connectivity index (χ2n) is 7.44. The quantitative estimate of drug-likeness (QED) is 0.578. The van der Waals surface area contributed by atoms with E-state index in [1.165, 1.54) is 12.1 Å². The molecule has 1 aromatic heterocycles. The number of anilines is 1. The molecule has 162 valence electrons. The second kappa shape index (κ2) is 9.59. The van der Waals surface area contributed by atoms with Gasteiger partial charge in [0.2, 0.25) is 17.6 Å². The number of halogens is 1. The molecule has 0 bridgehead atoms. The number of aryl methyl sites for hydroxylation is 1. The molecular formula is C23H25FN4O3. The molecule has 1 aliphatic rings. The van der Waals surface area contributed by atoms with Gasteiger partial charge in [-0.3, -0.25) is 4.79 Å². The fraction of sp³-hybridized carbons (Fsp3) is 0.348. The SMILES string of the molecule is COc1cccc(N2CCN(C(=O)CCCc3nc(-c4ccc(F)cc4)no3)CC2)c1. The number of ether oxygens (including phenoxy) is 1. The molecule has 2 heterocycles. The molecule has 0 N–H and O–H groups in total. The Morgan fingerprint density at radius 3 is 2.65 bits per heavy atom. The number of hydrogen-bond acceptors (Lipinski definition) is 6. The Kier molecular flexibility index (Phi) is 6.45. The Labute approximate surface area is 180 Å². The van der Waals surface area contributed by atoms with Crippen LogP contribution in [0.4, 0.5) is 10.1 Å². The molecule has 3 aromatic rings. The van der Waals surface area contributed by atoms with Crippen molar-refractivity contribution in [2.75, 3.05) is 38.2 Å². The van der Waals surface area contributed by atoms with Crippen LogP contribution in [0.3, 0.4) is 0 Å². The highest BCUT2D eigenvalue weighted by molar-refractivity contribution is 5.76. The van der Waals surface area contributed by atoms with E-state index >= 15 is 0 Å². The summed E-state index contributed by atoms with van der Waals surface area (Å²) in [5.41, 5.74) is 1.81. The first-order chi connectivity index (χ1) is 15.1. The van der Waals surface area contributed by atoms with E-state index in [0.717, 1.165) is 24.5 Å². The summed E-state index contributed by atoms with van der Waals surface area (Å²) in [6.45, 7) is 2.99. The highest BCUT2D eigenvalue weighted by atomic mass is 19.1. The topological polar surface area (TPSA) is 71.7 Å². The standard InChI is InChI=1S/C23H25FN4O3/c1-30-20-5-2-4-19(16-20)27-12-14-28(15-13-27)22(29)7-3-6-21-25-23(26-31-21)17-8-10-18(24)11-9-17/h2,4-5,8-11,16H,3,6-7,12-15H2,1H3. The Morgan fingerprint density at radius 2 is 1.90 bits per heavy atom. The maximum absolute atomic E-state index is 13.0. The van der Waals surface area contributed by atoms with Crippen molar-refractivity contribution in [3.05, 3.63) is 60.2 Å². The molecule has 0 unspecified atom stereocenters. The third-order valence-corrected chi connectivity index (χ3v) is 5.40. The van der Waals surface area contributed by atoms with Crippen LogP contribution in [0.1, 0.15) is 18.7 Å². The van der Waals surface area contributed by atoms with Crippen LogP contribution in [0.25, 0.3) is 11.4 Å². The predicted octanol–water partition coefficient (Wildman–Crippen LogP) is 3.56. The van der Waals surface area contributed by atoms with E-state index in [1.54, 1.807) is 19.2 Å². The smallest absolute Gasteiger partial charge is 0.226 e. The van der Waals surface area contributed by atoms with Crippen LogP contribution >= 0.6 is 0 Å². The molecule has 1 aliphatic heterocycles. The van der Waals surface area contributed by atoms with Crippen molar-refractivity contribution in [1.29, 1.82) is 0 Å². The van der Waals surface area contributed by atoms with Crippen LogP contribution < -0.4 is 9.64 Å². The second-order valence-corrected chi connectivity index (χ2v) is 7.44. The van der Waals surface area contributed by atoms with E-state index in [-0.39, 0.29) is 11.7 Å². The van der Waals surface area contributed by atoms with Crippen LogP contribution in [-0.4, -0.2) is 54.2 Å². The van der Waals surface area contributed by atoms with Gasteiger partial charge in [0.15, 0.2) is 0 Å². The lowest BCUT2D eigenvalue weighted by Crippen LogP contribution is -2.48. The molecule has 0 saturated carbocycles. The number of rotatable bonds is 7. The van der Waals surface area contributed by atoms with E-state index < -0.39 is 0 Å². The normalized spacial score (nSPS) is 14.0. The highest BCUT2D eigenvalue weighted by Crippen LogP contribution is 2.22. The molecule has 31 heavy (non-hydrogen) atoms. The maximum Gasteiger partial charge on any atom is 0.226 e. The third kappa shape index (κ3) is 5.20. The van der Waals surface area contributed by atoms with E-state index in [4.69, 9.17) is 9.26 Å². The van der Waals surface area contributed by atoms with E-state index in [9.17, 15) is 9.18 Å². The van der Waals surface area contributed by atoms with Gasteiger partial charge in [-0.1, -0.05) is 11.2 Å². The van der Waals surface area contributed by atoms with Gasteiger partial charge >= 0.3 is 0 Å². The molecule has 7 nitrogen and oxygen atoms in total. The lowest BCUT2D eigenvalue weighted by molar-refractivity contribution is -0.131. The number of carbonyl (C=O) groups excluding carboxylic acids is 1. The zero-order valence-corrected chi connectivity index (χ0v) is 17.5. The predicted molar refractivity (Wildman–Crippen MR) is 114 cm³/mol. The Hall–Kier alpha value is -3.42. The summed E-state index contributed by atoms with van der Waals surface area (Å²) < 4.78 is 23.6. The van der Waals surface area contributed by atoms with E-state index in [0.29, 0.717) is 49.6 Å². The molecule has 0 atom stereocenters. The summed E-state index contributed by atoms with van der Waals surface area (Å²) in [5, 5.41) is 3.93. The van der Waals surface area contributed by atoms with Crippen molar-refractivity contribution >= 4 is 11.6 Å². The van der Waals surface area contributed by atoms with E-state index in [2.05, 4.69) is 21.1 Å². The molecule has 0 radical (unpaired) electrons. The minimum absolute atomic E-state index is 0.142. The number of hydrogen-bond donors (Lipinski definition) is 0. The summed E-state index contributed by atoms with van der Waals surface area (Å²) >= 11 is 0. The minimum atomic E-state index is -0.310. The number of carbonyl (C=O) groups is 1. The first-order valence-corrected chi connectivity index (χ1v) is 10.4. The van der Waals surface area contributed by atoms with Crippen molar-refractivity contribution in [2.45, 2.75) is 19.3 Å². The van der Waals surface area contributed by atoms with Gasteiger partial charge in [-0.15, -0.1) is 0 Å². The van der Waals surface area contributed by atoms with E-state index in [1.807, 2.05) is 23.1 Å². The first kappa shape index (κ1) is 20.8. The largest absolute Gasteiger partial charge is 0.497 e. The molecule has 2 aromatic carbocycles. The number of methoxy groups -OCH3 is 1. The van der Waals surface area contributed by atoms with Crippen molar-refractivity contribution in [2.24, 2.45) is 0 Å². The summed E-state index contributed by atoms with van der Waals surface area (Å²) in [4.78, 5) is 21.1. The molecule has 1 amide bonds. The van der Waals surface area contributed by atoms with Gasteiger partial charge in [-0.25, -0.2) is 4.39 Å². The highest BCUT2D eigenvalue weighted by Gasteiger charge is 2.21. The number of benzene rings is 2. The summed E-state index contributed by atoms with van der Waals surface area (Å²) in [5.74, 6) is 1.57. The minimum Gasteiger partial charge on any atom is -0.497 e. The van der Waals surface area contributed by atoms with Crippen LogP contribution in [-0.2, 0) is 11.2 Å². The Morgan fingerprint density at radius 1 is 1.13 bits per heavy atom. The average molecular weight is 424 g/mol. The fourth-order valence-corrected chi connectivity index (χ4v) is 3.64. The lowest BCUT2D eigenvalue weighted by Gasteiger charge is -2.36. The summed E-state index contributed by atoms with van der Waals surface area (Å²) in [7, 11) is 1.66. The van der Waals surface area contributed by atoms with Gasteiger partial charge in [0.1, 0.15) is 11.6 Å². The summed E-state index contributed by atoms with van der Waals surface area (Å²) in [6.07, 6.45) is 1.61. The maximum atomic E-state index is 13.0. The molecule has 0 aliphatic carbocycles. The van der Waals surface area contributed by atoms with Gasteiger partial charge in [-0.2, -0.15) is 4.98 Å². The fourth-order valence-electron chi connectivity index (χ4n) is 3.64. The van der Waals surface area contributed by atoms with Crippen LogP contribution in [0.5, 0.6) is 5.75 Å². The zero-order chi connectivity index (χ0) is 21.6.